The lowest BCUT2D eigenvalue weighted by molar-refractivity contribution is -0.122. The molecule has 1 aromatic heterocycles. The molecule has 0 aliphatic carbocycles. The number of rotatable bonds is 4. The van der Waals surface area contributed by atoms with Gasteiger partial charge < -0.3 is 15.1 Å². The van der Waals surface area contributed by atoms with E-state index in [0.29, 0.717) is 17.4 Å². The predicted octanol–water partition coefficient (Wildman–Crippen LogP) is 2.79. The van der Waals surface area contributed by atoms with Crippen LogP contribution in [0, 0.1) is 5.92 Å². The Labute approximate surface area is 169 Å². The normalized spacial score (nSPS) is 21.3. The lowest BCUT2D eigenvalue weighted by atomic mass is 10.1. The van der Waals surface area contributed by atoms with Gasteiger partial charge in [0, 0.05) is 29.7 Å². The van der Waals surface area contributed by atoms with E-state index in [1.165, 1.54) is 0 Å². The summed E-state index contributed by atoms with van der Waals surface area (Å²) in [5, 5.41) is 7.98. The number of halogens is 1. The second kappa shape index (κ2) is 7.93. The van der Waals surface area contributed by atoms with Crippen LogP contribution in [-0.4, -0.2) is 53.2 Å². The van der Waals surface area contributed by atoms with E-state index in [-0.39, 0.29) is 24.3 Å². The third-order valence-electron chi connectivity index (χ3n) is 5.57. The highest BCUT2D eigenvalue weighted by Crippen LogP contribution is 2.29. The van der Waals surface area contributed by atoms with Crippen molar-refractivity contribution in [1.82, 2.24) is 14.7 Å². The van der Waals surface area contributed by atoms with Gasteiger partial charge in [0.25, 0.3) is 0 Å². The number of nitrogens with zero attached hydrogens (tertiary/aromatic N) is 4. The highest BCUT2D eigenvalue weighted by molar-refractivity contribution is 6.31. The van der Waals surface area contributed by atoms with Crippen LogP contribution >= 0.6 is 11.6 Å². The zero-order valence-corrected chi connectivity index (χ0v) is 16.6. The Bertz CT molecular complexity index is 875. The van der Waals surface area contributed by atoms with E-state index in [4.69, 9.17) is 11.6 Å². The molecule has 2 amide bonds. The van der Waals surface area contributed by atoms with Gasteiger partial charge in [-0.1, -0.05) is 17.7 Å². The molecule has 1 N–H and O–H groups in total. The van der Waals surface area contributed by atoms with Gasteiger partial charge >= 0.3 is 0 Å². The Morgan fingerprint density at radius 2 is 2.04 bits per heavy atom. The summed E-state index contributed by atoms with van der Waals surface area (Å²) in [4.78, 5) is 29.2. The van der Waals surface area contributed by atoms with E-state index in [1.54, 1.807) is 29.3 Å². The molecular formula is C20H24ClN5O2. The van der Waals surface area contributed by atoms with Gasteiger partial charge in [0.1, 0.15) is 5.82 Å². The van der Waals surface area contributed by atoms with E-state index in [0.717, 1.165) is 31.6 Å². The van der Waals surface area contributed by atoms with Crippen LogP contribution in [0.15, 0.2) is 36.5 Å². The van der Waals surface area contributed by atoms with Crippen molar-refractivity contribution in [1.29, 1.82) is 0 Å². The van der Waals surface area contributed by atoms with Crippen molar-refractivity contribution >= 4 is 34.9 Å². The van der Waals surface area contributed by atoms with Gasteiger partial charge in [-0.2, -0.15) is 5.10 Å². The lowest BCUT2D eigenvalue weighted by Crippen LogP contribution is -2.33. The minimum Gasteiger partial charge on any atom is -0.312 e. The van der Waals surface area contributed by atoms with Crippen LogP contribution in [0.1, 0.15) is 25.3 Å². The van der Waals surface area contributed by atoms with Crippen molar-refractivity contribution in [3.8, 4) is 0 Å². The van der Waals surface area contributed by atoms with E-state index in [2.05, 4.69) is 22.4 Å². The topological polar surface area (TPSA) is 70.5 Å². The first-order valence-corrected chi connectivity index (χ1v) is 9.98. The van der Waals surface area contributed by atoms with Crippen molar-refractivity contribution < 1.29 is 9.59 Å². The average Bonchev–Trinajstić information content (AvgIpc) is 3.29. The van der Waals surface area contributed by atoms with Crippen molar-refractivity contribution in [3.05, 3.63) is 41.6 Å². The van der Waals surface area contributed by atoms with Crippen LogP contribution in [0.4, 0.5) is 11.5 Å². The fourth-order valence-corrected chi connectivity index (χ4v) is 4.13. The Balaban J connectivity index is 1.42. The molecule has 1 atom stereocenters. The van der Waals surface area contributed by atoms with Crippen LogP contribution in [0.5, 0.6) is 0 Å². The monoisotopic (exact) mass is 401 g/mol. The largest absolute Gasteiger partial charge is 0.312 e. The first kappa shape index (κ1) is 19.0. The van der Waals surface area contributed by atoms with Crippen molar-refractivity contribution in [3.63, 3.8) is 0 Å². The molecule has 2 fully saturated rings. The van der Waals surface area contributed by atoms with E-state index in [9.17, 15) is 9.59 Å². The van der Waals surface area contributed by atoms with Crippen LogP contribution in [0.25, 0.3) is 0 Å². The molecule has 28 heavy (non-hydrogen) atoms. The SMILES string of the molecule is CN1CCC(n2nccc2NC(=O)C2CC(=O)N(c3cccc(Cl)c3)C2)CC1. The van der Waals surface area contributed by atoms with Crippen LogP contribution in [-0.2, 0) is 9.59 Å². The molecule has 4 rings (SSSR count). The molecule has 7 nitrogen and oxygen atoms in total. The number of benzene rings is 1. The summed E-state index contributed by atoms with van der Waals surface area (Å²) in [5.41, 5.74) is 0.726. The third kappa shape index (κ3) is 3.91. The number of hydrogen-bond donors (Lipinski definition) is 1. The van der Waals surface area contributed by atoms with Gasteiger partial charge in [-0.3, -0.25) is 9.59 Å². The van der Waals surface area contributed by atoms with Gasteiger partial charge in [-0.25, -0.2) is 4.68 Å². The number of likely N-dealkylation sites (tertiary alicyclic amines) is 1. The summed E-state index contributed by atoms with van der Waals surface area (Å²) >= 11 is 6.04. The molecule has 0 radical (unpaired) electrons. The molecule has 2 aliphatic heterocycles. The molecule has 2 saturated heterocycles. The zero-order valence-electron chi connectivity index (χ0n) is 15.8. The summed E-state index contributed by atoms with van der Waals surface area (Å²) in [5.74, 6) is 0.0966. The lowest BCUT2D eigenvalue weighted by Gasteiger charge is -2.30. The summed E-state index contributed by atoms with van der Waals surface area (Å²) < 4.78 is 1.91. The quantitative estimate of drug-likeness (QED) is 0.855. The maximum absolute atomic E-state index is 12.8. The summed E-state index contributed by atoms with van der Waals surface area (Å²) in [7, 11) is 2.12. The average molecular weight is 402 g/mol. The maximum Gasteiger partial charge on any atom is 0.230 e. The summed E-state index contributed by atoms with van der Waals surface area (Å²) in [6.45, 7) is 2.39. The number of carbonyl (C=O) groups is 2. The highest BCUT2D eigenvalue weighted by atomic mass is 35.5. The number of hydrogen-bond acceptors (Lipinski definition) is 4. The van der Waals surface area contributed by atoms with Gasteiger partial charge in [-0.15, -0.1) is 0 Å². The maximum atomic E-state index is 12.8. The molecule has 0 saturated carbocycles. The highest BCUT2D eigenvalue weighted by Gasteiger charge is 2.35. The molecule has 1 aromatic carbocycles. The number of carbonyl (C=O) groups excluding carboxylic acids is 2. The Morgan fingerprint density at radius 3 is 2.79 bits per heavy atom. The van der Waals surface area contributed by atoms with Gasteiger partial charge in [0.05, 0.1) is 18.2 Å². The first-order valence-electron chi connectivity index (χ1n) is 9.60. The summed E-state index contributed by atoms with van der Waals surface area (Å²) in [6.07, 6.45) is 3.92. The number of nitrogens with one attached hydrogen (secondary N) is 1. The van der Waals surface area contributed by atoms with Gasteiger partial charge in [0.15, 0.2) is 0 Å². The predicted molar refractivity (Wildman–Crippen MR) is 109 cm³/mol. The zero-order chi connectivity index (χ0) is 19.7. The molecular weight excluding hydrogens is 378 g/mol. The molecule has 3 heterocycles. The van der Waals surface area contributed by atoms with E-state index in [1.807, 2.05) is 16.8 Å². The fourth-order valence-electron chi connectivity index (χ4n) is 3.95. The standard InChI is InChI=1S/C20H24ClN5O2/c1-24-9-6-16(7-10-24)26-18(5-8-22-26)23-20(28)14-11-19(27)25(13-14)17-4-2-3-15(21)12-17/h2-5,8,12,14,16H,6-7,9-11,13H2,1H3,(H,23,28). The van der Waals surface area contributed by atoms with Gasteiger partial charge in [0.2, 0.25) is 11.8 Å². The number of anilines is 2. The van der Waals surface area contributed by atoms with Crippen LogP contribution in [0.3, 0.4) is 0 Å². The molecule has 1 unspecified atom stereocenters. The van der Waals surface area contributed by atoms with Crippen LogP contribution in [0.2, 0.25) is 5.02 Å². The Kier molecular flexibility index (Phi) is 5.37. The molecule has 2 aromatic rings. The molecule has 0 bridgehead atoms. The third-order valence-corrected chi connectivity index (χ3v) is 5.81. The molecule has 2 aliphatic rings. The fraction of sp³-hybridized carbons (Fsp3) is 0.450. The van der Waals surface area contributed by atoms with Crippen molar-refractivity contribution in [2.24, 2.45) is 5.92 Å². The Morgan fingerprint density at radius 1 is 1.25 bits per heavy atom. The van der Waals surface area contributed by atoms with Crippen molar-refractivity contribution in [2.45, 2.75) is 25.3 Å². The second-order valence-corrected chi connectivity index (χ2v) is 8.01. The molecule has 8 heteroatoms. The second-order valence-electron chi connectivity index (χ2n) is 7.57. The van der Waals surface area contributed by atoms with E-state index < -0.39 is 5.92 Å². The van der Waals surface area contributed by atoms with Gasteiger partial charge in [-0.05, 0) is 51.2 Å². The van der Waals surface area contributed by atoms with Crippen molar-refractivity contribution in [2.75, 3.05) is 36.9 Å². The molecule has 0 spiro atoms. The Hall–Kier alpha value is -2.38. The molecule has 148 valence electrons. The summed E-state index contributed by atoms with van der Waals surface area (Å²) in [6, 6.07) is 9.25. The first-order chi connectivity index (χ1) is 13.5. The smallest absolute Gasteiger partial charge is 0.230 e. The minimum atomic E-state index is -0.396. The number of piperidine rings is 1. The minimum absolute atomic E-state index is 0.0637. The van der Waals surface area contributed by atoms with E-state index >= 15 is 0 Å². The number of aromatic nitrogens is 2. The van der Waals surface area contributed by atoms with Crippen LogP contribution < -0.4 is 10.2 Å². The number of amides is 2.